The van der Waals surface area contributed by atoms with Crippen LogP contribution < -0.4 is 10.3 Å². The van der Waals surface area contributed by atoms with Crippen LogP contribution in [0, 0.1) is 0 Å². The maximum atomic E-state index is 9.78. The van der Waals surface area contributed by atoms with E-state index in [1.165, 1.54) is 6.20 Å². The predicted octanol–water partition coefficient (Wildman–Crippen LogP) is 2.59. The van der Waals surface area contributed by atoms with E-state index in [1.54, 1.807) is 0 Å². The minimum atomic E-state index is 0.202. The molecular weight excluding hydrogens is 190 g/mol. The van der Waals surface area contributed by atoms with Crippen molar-refractivity contribution in [2.45, 2.75) is 0 Å². The first kappa shape index (κ1) is 8.17. The number of fused-ring (bicyclic) bond motifs is 3. The number of aliphatic hydroxyl groups is 1. The van der Waals surface area contributed by atoms with Crippen LogP contribution in [0.5, 0.6) is 5.75 Å². The van der Waals surface area contributed by atoms with Crippen LogP contribution in [-0.4, -0.2) is 5.11 Å². The first-order chi connectivity index (χ1) is 7.36. The summed E-state index contributed by atoms with van der Waals surface area (Å²) in [5.41, 5.74) is 3.29. The van der Waals surface area contributed by atoms with Gasteiger partial charge in [0.25, 0.3) is 0 Å². The lowest BCUT2D eigenvalue weighted by Gasteiger charge is -2.17. The molecule has 3 rings (SSSR count). The number of hydrogen-bond acceptors (Lipinski definition) is 3. The molecule has 15 heavy (non-hydrogen) atoms. The van der Waals surface area contributed by atoms with E-state index in [9.17, 15) is 5.11 Å². The fraction of sp³-hybridized carbons (Fsp3) is 0. The molecule has 0 aliphatic carbocycles. The van der Waals surface area contributed by atoms with Crippen molar-refractivity contribution in [3.63, 3.8) is 0 Å². The zero-order valence-electron chi connectivity index (χ0n) is 7.90. The molecule has 0 radical (unpaired) electrons. The van der Waals surface area contributed by atoms with Crippen molar-refractivity contribution >= 4 is 16.5 Å². The Bertz CT molecular complexity index is 561. The molecule has 0 atom stereocenters. The molecule has 0 fully saturated rings. The first-order valence-electron chi connectivity index (χ1n) is 4.70. The molecule has 0 saturated heterocycles. The van der Waals surface area contributed by atoms with Crippen LogP contribution in [-0.2, 0) is 0 Å². The zero-order chi connectivity index (χ0) is 10.3. The summed E-state index contributed by atoms with van der Waals surface area (Å²) in [6.07, 6.45) is 1.44. The molecule has 2 aromatic rings. The predicted molar refractivity (Wildman–Crippen MR) is 58.3 cm³/mol. The van der Waals surface area contributed by atoms with Gasteiger partial charge in [0.1, 0.15) is 5.76 Å². The lowest BCUT2D eigenvalue weighted by Crippen LogP contribution is -2.17. The van der Waals surface area contributed by atoms with Crippen LogP contribution >= 0.6 is 0 Å². The van der Waals surface area contributed by atoms with Crippen molar-refractivity contribution in [1.29, 1.82) is 0 Å². The number of hydroxylamine groups is 1. The van der Waals surface area contributed by atoms with E-state index in [2.05, 4.69) is 5.48 Å². The average molecular weight is 199 g/mol. The number of nitrogens with one attached hydrogen (secondary N) is 1. The summed E-state index contributed by atoms with van der Waals surface area (Å²) < 4.78 is 0. The fourth-order valence-corrected chi connectivity index (χ4v) is 1.82. The quantitative estimate of drug-likeness (QED) is 0.685. The lowest BCUT2D eigenvalue weighted by molar-refractivity contribution is 0.232. The van der Waals surface area contributed by atoms with Crippen molar-refractivity contribution in [1.82, 2.24) is 5.48 Å². The van der Waals surface area contributed by atoms with Gasteiger partial charge >= 0.3 is 0 Å². The van der Waals surface area contributed by atoms with Crippen LogP contribution in [0.3, 0.4) is 0 Å². The molecule has 2 N–H and O–H groups in total. The Morgan fingerprint density at radius 3 is 2.87 bits per heavy atom. The second kappa shape index (κ2) is 2.92. The van der Waals surface area contributed by atoms with Gasteiger partial charge in [-0.3, -0.25) is 0 Å². The van der Waals surface area contributed by atoms with E-state index in [1.807, 2.05) is 36.4 Å². The maximum absolute atomic E-state index is 9.78. The third-order valence-electron chi connectivity index (χ3n) is 2.51. The van der Waals surface area contributed by atoms with Crippen molar-refractivity contribution in [3.8, 4) is 5.75 Å². The Morgan fingerprint density at radius 2 is 1.93 bits per heavy atom. The summed E-state index contributed by atoms with van der Waals surface area (Å²) in [6.45, 7) is 0. The number of hydrogen-bond donors (Lipinski definition) is 2. The third kappa shape index (κ3) is 1.13. The van der Waals surface area contributed by atoms with Crippen molar-refractivity contribution < 1.29 is 9.94 Å². The molecule has 1 aliphatic rings. The van der Waals surface area contributed by atoms with Crippen LogP contribution in [0.2, 0.25) is 0 Å². The molecule has 1 aliphatic heterocycles. The van der Waals surface area contributed by atoms with Gasteiger partial charge in [-0.1, -0.05) is 30.3 Å². The molecular formula is C12H9NO2. The van der Waals surface area contributed by atoms with Crippen molar-refractivity contribution in [3.05, 3.63) is 48.2 Å². The molecule has 2 aromatic carbocycles. The number of rotatable bonds is 0. The van der Waals surface area contributed by atoms with Gasteiger partial charge in [-0.2, -0.15) is 0 Å². The standard InChI is InChI=1S/C12H9NO2/c14-10-7-13-15-11-6-5-8-3-1-2-4-9(8)12(10)11/h1-7,13-14H. The highest BCUT2D eigenvalue weighted by molar-refractivity contribution is 5.95. The van der Waals surface area contributed by atoms with E-state index in [0.717, 1.165) is 16.3 Å². The molecule has 1 heterocycles. The van der Waals surface area contributed by atoms with E-state index in [4.69, 9.17) is 4.84 Å². The van der Waals surface area contributed by atoms with Crippen LogP contribution in [0.15, 0.2) is 42.6 Å². The molecule has 74 valence electrons. The van der Waals surface area contributed by atoms with E-state index < -0.39 is 0 Å². The highest BCUT2D eigenvalue weighted by Gasteiger charge is 2.16. The van der Waals surface area contributed by atoms with Crippen molar-refractivity contribution in [2.24, 2.45) is 0 Å². The van der Waals surface area contributed by atoms with Crippen LogP contribution in [0.1, 0.15) is 5.56 Å². The zero-order valence-corrected chi connectivity index (χ0v) is 7.90. The molecule has 0 unspecified atom stereocenters. The first-order valence-corrected chi connectivity index (χ1v) is 4.70. The van der Waals surface area contributed by atoms with E-state index in [0.29, 0.717) is 5.75 Å². The monoisotopic (exact) mass is 199 g/mol. The summed E-state index contributed by atoms with van der Waals surface area (Å²) in [5, 5.41) is 11.9. The van der Waals surface area contributed by atoms with Gasteiger partial charge in [0.15, 0.2) is 5.75 Å². The Balaban J connectivity index is 2.43. The number of aliphatic hydroxyl groups excluding tert-OH is 1. The second-order valence-electron chi connectivity index (χ2n) is 3.41. The Morgan fingerprint density at radius 1 is 1.07 bits per heavy atom. The minimum Gasteiger partial charge on any atom is -0.506 e. The average Bonchev–Trinajstić information content (AvgIpc) is 2.29. The van der Waals surface area contributed by atoms with Gasteiger partial charge in [-0.05, 0) is 16.8 Å². The molecule has 3 heteroatoms. The van der Waals surface area contributed by atoms with Gasteiger partial charge < -0.3 is 9.94 Å². The highest BCUT2D eigenvalue weighted by atomic mass is 16.6. The molecule has 3 nitrogen and oxygen atoms in total. The topological polar surface area (TPSA) is 41.5 Å². The Labute approximate surface area is 86.6 Å². The summed E-state index contributed by atoms with van der Waals surface area (Å²) >= 11 is 0. The molecule has 0 amide bonds. The second-order valence-corrected chi connectivity index (χ2v) is 3.41. The summed E-state index contributed by atoms with van der Waals surface area (Å²) in [7, 11) is 0. The third-order valence-corrected chi connectivity index (χ3v) is 2.51. The van der Waals surface area contributed by atoms with E-state index >= 15 is 0 Å². The Hall–Kier alpha value is -2.16. The summed E-state index contributed by atoms with van der Waals surface area (Å²) in [4.78, 5) is 5.22. The van der Waals surface area contributed by atoms with Crippen LogP contribution in [0.25, 0.3) is 16.5 Å². The van der Waals surface area contributed by atoms with Gasteiger partial charge in [-0.25, -0.2) is 5.48 Å². The van der Waals surface area contributed by atoms with Gasteiger partial charge in [0, 0.05) is 0 Å². The van der Waals surface area contributed by atoms with Gasteiger partial charge in [0.05, 0.1) is 11.8 Å². The molecule has 0 spiro atoms. The van der Waals surface area contributed by atoms with Crippen molar-refractivity contribution in [2.75, 3.05) is 0 Å². The molecule has 0 aromatic heterocycles. The number of benzene rings is 2. The normalized spacial score (nSPS) is 13.7. The van der Waals surface area contributed by atoms with Gasteiger partial charge in [0.2, 0.25) is 0 Å². The fourth-order valence-electron chi connectivity index (χ4n) is 1.82. The largest absolute Gasteiger partial charge is 0.506 e. The minimum absolute atomic E-state index is 0.202. The smallest absolute Gasteiger partial charge is 0.166 e. The summed E-state index contributed by atoms with van der Waals surface area (Å²) in [6, 6.07) is 11.7. The SMILES string of the molecule is OC1=CNOc2ccc3ccccc3c21. The van der Waals surface area contributed by atoms with Crippen LogP contribution in [0.4, 0.5) is 0 Å². The van der Waals surface area contributed by atoms with E-state index in [-0.39, 0.29) is 5.76 Å². The Kier molecular flexibility index (Phi) is 1.59. The highest BCUT2D eigenvalue weighted by Crippen LogP contribution is 2.33. The van der Waals surface area contributed by atoms with Gasteiger partial charge in [-0.15, -0.1) is 0 Å². The lowest BCUT2D eigenvalue weighted by atomic mass is 10.0. The molecule has 0 bridgehead atoms. The summed E-state index contributed by atoms with van der Waals surface area (Å²) in [5.74, 6) is 0.849. The maximum Gasteiger partial charge on any atom is 0.166 e. The molecule has 0 saturated carbocycles.